The van der Waals surface area contributed by atoms with Crippen LogP contribution >= 0.6 is 27.7 Å². The Kier molecular flexibility index (Phi) is 4.57. The highest BCUT2D eigenvalue weighted by atomic mass is 79.9. The smallest absolute Gasteiger partial charge is 0.312 e. The van der Waals surface area contributed by atoms with Crippen LogP contribution in [0.3, 0.4) is 0 Å². The first-order chi connectivity index (χ1) is 12.5. The van der Waals surface area contributed by atoms with Gasteiger partial charge in [0.05, 0.1) is 5.92 Å². The summed E-state index contributed by atoms with van der Waals surface area (Å²) in [6, 6.07) is 17.4. The molecule has 0 spiro atoms. The second kappa shape index (κ2) is 6.74. The molecule has 3 aliphatic heterocycles. The number of halogens is 1. The van der Waals surface area contributed by atoms with Crippen molar-refractivity contribution in [2.75, 3.05) is 5.32 Å². The molecule has 6 heteroatoms. The predicted molar refractivity (Wildman–Crippen MR) is 106 cm³/mol. The number of amides is 1. The Labute approximate surface area is 164 Å². The molecule has 1 amide bonds. The van der Waals surface area contributed by atoms with Crippen LogP contribution in [0.25, 0.3) is 0 Å². The number of carbonyl (C=O) groups is 2. The minimum Gasteiger partial charge on any atom is -0.448 e. The van der Waals surface area contributed by atoms with Crippen molar-refractivity contribution in [2.24, 2.45) is 5.92 Å². The lowest BCUT2D eigenvalue weighted by Gasteiger charge is -2.50. The van der Waals surface area contributed by atoms with Gasteiger partial charge in [-0.1, -0.05) is 46.3 Å². The summed E-state index contributed by atoms with van der Waals surface area (Å²) in [6.07, 6.45) is 0.722. The van der Waals surface area contributed by atoms with Gasteiger partial charge in [-0.2, -0.15) is 0 Å². The van der Waals surface area contributed by atoms with E-state index in [9.17, 15) is 9.59 Å². The summed E-state index contributed by atoms with van der Waals surface area (Å²) in [4.78, 5) is 24.9. The minimum atomic E-state index is -0.673. The van der Waals surface area contributed by atoms with Gasteiger partial charge in [0.1, 0.15) is 5.25 Å². The molecule has 3 saturated heterocycles. The molecule has 5 rings (SSSR count). The lowest BCUT2D eigenvalue weighted by Crippen LogP contribution is -2.56. The molecule has 26 heavy (non-hydrogen) atoms. The molecule has 0 aromatic heterocycles. The van der Waals surface area contributed by atoms with Crippen molar-refractivity contribution in [3.8, 4) is 0 Å². The number of fused-ring (bicyclic) bond motifs is 3. The van der Waals surface area contributed by atoms with Gasteiger partial charge in [0.2, 0.25) is 5.91 Å². The maximum absolute atomic E-state index is 13.0. The zero-order valence-electron chi connectivity index (χ0n) is 14.1. The van der Waals surface area contributed by atoms with Gasteiger partial charge in [-0.25, -0.2) is 0 Å². The third-order valence-electron chi connectivity index (χ3n) is 4.91. The second-order valence-electron chi connectivity index (χ2n) is 6.84. The Hall–Kier alpha value is -1.79. The molecule has 1 N–H and O–H groups in total. The van der Waals surface area contributed by atoms with Gasteiger partial charge in [0.25, 0.3) is 0 Å². The molecule has 3 heterocycles. The number of rotatable bonds is 3. The number of carbonyl (C=O) groups excluding carboxylic acids is 2. The molecule has 0 saturated carbocycles. The number of ether oxygens (including phenoxy) is 1. The maximum Gasteiger partial charge on any atom is 0.312 e. The number of benzene rings is 2. The molecule has 0 aliphatic carbocycles. The average molecular weight is 432 g/mol. The average Bonchev–Trinajstić information content (AvgIpc) is 2.63. The molecular formula is C20H18BrNO3S. The summed E-state index contributed by atoms with van der Waals surface area (Å²) in [5.74, 6) is -0.905. The van der Waals surface area contributed by atoms with Gasteiger partial charge >= 0.3 is 5.97 Å². The highest BCUT2D eigenvalue weighted by Gasteiger charge is 2.58. The monoisotopic (exact) mass is 431 g/mol. The number of thioether (sulfide) groups is 1. The Morgan fingerprint density at radius 3 is 2.54 bits per heavy atom. The summed E-state index contributed by atoms with van der Waals surface area (Å²) in [7, 11) is 0. The van der Waals surface area contributed by atoms with Crippen molar-refractivity contribution in [2.45, 2.75) is 29.4 Å². The SMILES string of the molecule is CC12CC(c3ccccc3)C(C(=O)O1)C(C(=O)Nc1ccc(Br)cc1)S2. The summed E-state index contributed by atoms with van der Waals surface area (Å²) < 4.78 is 6.55. The van der Waals surface area contributed by atoms with E-state index in [0.29, 0.717) is 0 Å². The fourth-order valence-corrected chi connectivity index (χ4v) is 5.57. The fraction of sp³-hybridized carbons (Fsp3) is 0.300. The third-order valence-corrected chi connectivity index (χ3v) is 6.95. The zero-order chi connectivity index (χ0) is 18.3. The Morgan fingerprint density at radius 1 is 1.19 bits per heavy atom. The molecule has 3 fully saturated rings. The van der Waals surface area contributed by atoms with E-state index in [-0.39, 0.29) is 17.8 Å². The molecule has 4 unspecified atom stereocenters. The molecule has 2 bridgehead atoms. The van der Waals surface area contributed by atoms with Gasteiger partial charge < -0.3 is 10.1 Å². The lowest BCUT2D eigenvalue weighted by molar-refractivity contribution is -0.167. The van der Waals surface area contributed by atoms with Crippen LogP contribution in [0.2, 0.25) is 0 Å². The van der Waals surface area contributed by atoms with Crippen molar-refractivity contribution < 1.29 is 14.3 Å². The van der Waals surface area contributed by atoms with E-state index >= 15 is 0 Å². The lowest BCUT2D eigenvalue weighted by atomic mass is 9.77. The topological polar surface area (TPSA) is 55.4 Å². The molecule has 2 aromatic carbocycles. The fourth-order valence-electron chi connectivity index (χ4n) is 3.75. The number of nitrogens with one attached hydrogen (secondary N) is 1. The van der Waals surface area contributed by atoms with Crippen molar-refractivity contribution >= 4 is 45.3 Å². The van der Waals surface area contributed by atoms with E-state index in [1.54, 1.807) is 0 Å². The molecule has 134 valence electrons. The highest BCUT2D eigenvalue weighted by molar-refractivity contribution is 9.10. The van der Waals surface area contributed by atoms with Crippen molar-refractivity contribution in [3.05, 3.63) is 64.6 Å². The Morgan fingerprint density at radius 2 is 1.88 bits per heavy atom. The summed E-state index contributed by atoms with van der Waals surface area (Å²) in [5, 5.41) is 2.48. The third kappa shape index (κ3) is 3.28. The van der Waals surface area contributed by atoms with Gasteiger partial charge in [-0.3, -0.25) is 9.59 Å². The first-order valence-electron chi connectivity index (χ1n) is 8.47. The van der Waals surface area contributed by atoms with Gasteiger partial charge in [0.15, 0.2) is 4.93 Å². The normalized spacial score (nSPS) is 29.9. The van der Waals surface area contributed by atoms with Gasteiger partial charge in [-0.05, 0) is 36.8 Å². The van der Waals surface area contributed by atoms with Crippen molar-refractivity contribution in [1.82, 2.24) is 0 Å². The quantitative estimate of drug-likeness (QED) is 0.723. The van der Waals surface area contributed by atoms with E-state index in [4.69, 9.17) is 4.74 Å². The molecular weight excluding hydrogens is 414 g/mol. The first kappa shape index (κ1) is 17.6. The van der Waals surface area contributed by atoms with E-state index in [2.05, 4.69) is 21.2 Å². The number of hydrogen-bond donors (Lipinski definition) is 1. The Bertz CT molecular complexity index is 842. The van der Waals surface area contributed by atoms with Crippen LogP contribution in [-0.2, 0) is 14.3 Å². The van der Waals surface area contributed by atoms with E-state index in [1.165, 1.54) is 11.8 Å². The van der Waals surface area contributed by atoms with Gasteiger partial charge in [-0.15, -0.1) is 11.8 Å². The van der Waals surface area contributed by atoms with Crippen LogP contribution in [0, 0.1) is 5.92 Å². The second-order valence-corrected chi connectivity index (χ2v) is 9.36. The molecule has 3 aliphatic rings. The predicted octanol–water partition coefficient (Wildman–Crippen LogP) is 4.57. The largest absolute Gasteiger partial charge is 0.448 e. The zero-order valence-corrected chi connectivity index (χ0v) is 16.5. The number of esters is 1. The first-order valence-corrected chi connectivity index (χ1v) is 10.1. The molecule has 4 atom stereocenters. The van der Waals surface area contributed by atoms with Crippen molar-refractivity contribution in [3.63, 3.8) is 0 Å². The molecule has 2 aromatic rings. The van der Waals surface area contributed by atoms with Crippen molar-refractivity contribution in [1.29, 1.82) is 0 Å². The van der Waals surface area contributed by atoms with Crippen LogP contribution in [0.15, 0.2) is 59.1 Å². The maximum atomic E-state index is 13.0. The number of anilines is 1. The summed E-state index contributed by atoms with van der Waals surface area (Å²) in [5.41, 5.74) is 1.80. The van der Waals surface area contributed by atoms with Crippen LogP contribution in [0.4, 0.5) is 5.69 Å². The molecule has 4 nitrogen and oxygen atoms in total. The van der Waals surface area contributed by atoms with E-state index in [1.807, 2.05) is 61.5 Å². The summed E-state index contributed by atoms with van der Waals surface area (Å²) >= 11 is 4.84. The van der Waals surface area contributed by atoms with Crippen LogP contribution in [0.1, 0.15) is 24.8 Å². The van der Waals surface area contributed by atoms with Crippen LogP contribution in [-0.4, -0.2) is 22.1 Å². The number of hydrogen-bond acceptors (Lipinski definition) is 4. The van der Waals surface area contributed by atoms with Gasteiger partial charge in [0, 0.05) is 22.5 Å². The van der Waals surface area contributed by atoms with Crippen LogP contribution in [0.5, 0.6) is 0 Å². The highest BCUT2D eigenvalue weighted by Crippen LogP contribution is 2.56. The van der Waals surface area contributed by atoms with E-state index in [0.717, 1.165) is 22.1 Å². The minimum absolute atomic E-state index is 0.00984. The van der Waals surface area contributed by atoms with Crippen LogP contribution < -0.4 is 5.32 Å². The summed E-state index contributed by atoms with van der Waals surface area (Å²) in [6.45, 7) is 1.90. The Balaban J connectivity index is 1.62. The molecule has 0 radical (unpaired) electrons. The standard InChI is InChI=1S/C20H18BrNO3S/c1-20-11-15(12-5-3-2-4-6-12)16(19(24)25-20)17(26-20)18(23)22-14-9-7-13(21)8-10-14/h2-10,15-17H,11H2,1H3,(H,22,23). The van der Waals surface area contributed by atoms with E-state index < -0.39 is 16.1 Å².